The van der Waals surface area contributed by atoms with E-state index in [4.69, 9.17) is 5.73 Å². The summed E-state index contributed by atoms with van der Waals surface area (Å²) in [5.74, 6) is 1.73. The summed E-state index contributed by atoms with van der Waals surface area (Å²) in [7, 11) is 2.04. The zero-order chi connectivity index (χ0) is 10.9. The smallest absolute Gasteiger partial charge is 0.110 e. The van der Waals surface area contributed by atoms with Gasteiger partial charge in [0.1, 0.15) is 5.82 Å². The molecule has 0 spiro atoms. The molecule has 1 fully saturated rings. The molecular formula is C12H21N3. The number of aryl methyl sites for hydroxylation is 1. The van der Waals surface area contributed by atoms with E-state index in [1.165, 1.54) is 19.3 Å². The zero-order valence-electron chi connectivity index (χ0n) is 9.74. The maximum absolute atomic E-state index is 6.51. The van der Waals surface area contributed by atoms with Crippen molar-refractivity contribution in [1.29, 1.82) is 0 Å². The van der Waals surface area contributed by atoms with E-state index in [0.29, 0.717) is 5.92 Å². The second-order valence-electron chi connectivity index (χ2n) is 5.01. The summed E-state index contributed by atoms with van der Waals surface area (Å²) in [5, 5.41) is 0. The number of nitrogens with zero attached hydrogens (tertiary/aromatic N) is 2. The van der Waals surface area contributed by atoms with Crippen LogP contribution in [0.5, 0.6) is 0 Å². The Balaban J connectivity index is 2.12. The van der Waals surface area contributed by atoms with E-state index < -0.39 is 0 Å². The van der Waals surface area contributed by atoms with Crippen LogP contribution >= 0.6 is 0 Å². The Kier molecular flexibility index (Phi) is 2.83. The average molecular weight is 207 g/mol. The Morgan fingerprint density at radius 3 is 3.00 bits per heavy atom. The summed E-state index contributed by atoms with van der Waals surface area (Å²) in [5.41, 5.74) is 6.48. The fourth-order valence-corrected chi connectivity index (χ4v) is 2.56. The van der Waals surface area contributed by atoms with Crippen molar-refractivity contribution in [2.75, 3.05) is 0 Å². The second-order valence-corrected chi connectivity index (χ2v) is 5.01. The van der Waals surface area contributed by atoms with Crippen LogP contribution < -0.4 is 5.73 Å². The third-order valence-corrected chi connectivity index (χ3v) is 3.92. The van der Waals surface area contributed by atoms with E-state index in [0.717, 1.165) is 18.7 Å². The Bertz CT molecular complexity index is 331. The number of hydrogen-bond acceptors (Lipinski definition) is 2. The molecule has 84 valence electrons. The Labute approximate surface area is 91.7 Å². The molecule has 15 heavy (non-hydrogen) atoms. The first-order valence-electron chi connectivity index (χ1n) is 5.87. The lowest BCUT2D eigenvalue weighted by Gasteiger charge is -2.39. The Hall–Kier alpha value is -0.830. The summed E-state index contributed by atoms with van der Waals surface area (Å²) in [6.07, 6.45) is 9.77. The molecule has 2 atom stereocenters. The molecule has 1 aromatic heterocycles. The summed E-state index contributed by atoms with van der Waals surface area (Å²) in [6, 6.07) is 0. The van der Waals surface area contributed by atoms with Crippen molar-refractivity contribution >= 4 is 0 Å². The van der Waals surface area contributed by atoms with Crippen LogP contribution in [0.3, 0.4) is 0 Å². The lowest BCUT2D eigenvalue weighted by atomic mass is 9.72. The molecular weight excluding hydrogens is 186 g/mol. The van der Waals surface area contributed by atoms with Gasteiger partial charge in [-0.05, 0) is 18.8 Å². The van der Waals surface area contributed by atoms with Crippen molar-refractivity contribution in [3.8, 4) is 0 Å². The van der Waals surface area contributed by atoms with Gasteiger partial charge in [0, 0.05) is 31.4 Å². The molecule has 0 radical (unpaired) electrons. The first-order chi connectivity index (χ1) is 7.12. The standard InChI is InChI=1S/C12H21N3/c1-10-5-3-4-6-12(10,13)9-11-14-7-8-15(11)2/h7-8,10H,3-6,9,13H2,1-2H3. The minimum atomic E-state index is -0.0304. The van der Waals surface area contributed by atoms with Gasteiger partial charge in [0.2, 0.25) is 0 Å². The molecule has 2 unspecified atom stereocenters. The summed E-state index contributed by atoms with van der Waals surface area (Å²) in [4.78, 5) is 4.37. The maximum Gasteiger partial charge on any atom is 0.110 e. The van der Waals surface area contributed by atoms with Crippen LogP contribution in [-0.4, -0.2) is 15.1 Å². The molecule has 0 aromatic carbocycles. The minimum absolute atomic E-state index is 0.0304. The molecule has 1 aromatic rings. The van der Waals surface area contributed by atoms with E-state index >= 15 is 0 Å². The highest BCUT2D eigenvalue weighted by molar-refractivity contribution is 5.03. The van der Waals surface area contributed by atoms with Gasteiger partial charge in [0.25, 0.3) is 0 Å². The second kappa shape index (κ2) is 3.97. The fraction of sp³-hybridized carbons (Fsp3) is 0.750. The number of rotatable bonds is 2. The predicted octanol–water partition coefficient (Wildman–Crippen LogP) is 1.87. The van der Waals surface area contributed by atoms with Gasteiger partial charge in [0.05, 0.1) is 0 Å². The van der Waals surface area contributed by atoms with Gasteiger partial charge in [-0.15, -0.1) is 0 Å². The van der Waals surface area contributed by atoms with E-state index in [2.05, 4.69) is 16.5 Å². The molecule has 1 heterocycles. The van der Waals surface area contributed by atoms with Crippen molar-refractivity contribution in [2.45, 2.75) is 44.6 Å². The molecule has 0 aliphatic heterocycles. The van der Waals surface area contributed by atoms with Gasteiger partial charge in [-0.3, -0.25) is 0 Å². The van der Waals surface area contributed by atoms with E-state index in [1.54, 1.807) is 0 Å². The summed E-state index contributed by atoms with van der Waals surface area (Å²) in [6.45, 7) is 2.28. The number of aromatic nitrogens is 2. The molecule has 1 saturated carbocycles. The van der Waals surface area contributed by atoms with Crippen LogP contribution in [0.25, 0.3) is 0 Å². The molecule has 0 amide bonds. The monoisotopic (exact) mass is 207 g/mol. The van der Waals surface area contributed by atoms with Crippen molar-refractivity contribution in [1.82, 2.24) is 9.55 Å². The largest absolute Gasteiger partial charge is 0.338 e. The summed E-state index contributed by atoms with van der Waals surface area (Å²) < 4.78 is 2.08. The molecule has 1 aliphatic rings. The van der Waals surface area contributed by atoms with Crippen molar-refractivity contribution in [2.24, 2.45) is 18.7 Å². The summed E-state index contributed by atoms with van der Waals surface area (Å²) >= 11 is 0. The van der Waals surface area contributed by atoms with Gasteiger partial charge < -0.3 is 10.3 Å². The Morgan fingerprint density at radius 1 is 1.60 bits per heavy atom. The van der Waals surface area contributed by atoms with Gasteiger partial charge in [-0.1, -0.05) is 19.8 Å². The number of hydrogen-bond donors (Lipinski definition) is 1. The quantitative estimate of drug-likeness (QED) is 0.804. The van der Waals surface area contributed by atoms with Gasteiger partial charge in [0.15, 0.2) is 0 Å². The molecule has 2 N–H and O–H groups in total. The van der Waals surface area contributed by atoms with E-state index in [1.807, 2.05) is 19.4 Å². The van der Waals surface area contributed by atoms with E-state index in [9.17, 15) is 0 Å². The highest BCUT2D eigenvalue weighted by Gasteiger charge is 2.35. The van der Waals surface area contributed by atoms with Crippen LogP contribution in [0.4, 0.5) is 0 Å². The average Bonchev–Trinajstić information content (AvgIpc) is 2.58. The van der Waals surface area contributed by atoms with Crippen LogP contribution in [-0.2, 0) is 13.5 Å². The first-order valence-corrected chi connectivity index (χ1v) is 5.87. The van der Waals surface area contributed by atoms with Crippen LogP contribution in [0, 0.1) is 5.92 Å². The highest BCUT2D eigenvalue weighted by atomic mass is 15.0. The molecule has 1 aliphatic carbocycles. The topological polar surface area (TPSA) is 43.8 Å². The van der Waals surface area contributed by atoms with Gasteiger partial charge >= 0.3 is 0 Å². The van der Waals surface area contributed by atoms with Crippen molar-refractivity contribution in [3.63, 3.8) is 0 Å². The zero-order valence-corrected chi connectivity index (χ0v) is 9.74. The number of nitrogens with two attached hydrogens (primary N) is 1. The highest BCUT2D eigenvalue weighted by Crippen LogP contribution is 2.33. The predicted molar refractivity (Wildman–Crippen MR) is 61.5 cm³/mol. The van der Waals surface area contributed by atoms with Crippen LogP contribution in [0.15, 0.2) is 12.4 Å². The van der Waals surface area contributed by atoms with Crippen LogP contribution in [0.2, 0.25) is 0 Å². The lowest BCUT2D eigenvalue weighted by molar-refractivity contribution is 0.200. The minimum Gasteiger partial charge on any atom is -0.338 e. The SMILES string of the molecule is CC1CCCCC1(N)Cc1nccn1C. The molecule has 2 rings (SSSR count). The Morgan fingerprint density at radius 2 is 2.40 bits per heavy atom. The molecule has 0 bridgehead atoms. The van der Waals surface area contributed by atoms with Gasteiger partial charge in [-0.2, -0.15) is 0 Å². The molecule has 3 nitrogen and oxygen atoms in total. The third kappa shape index (κ3) is 2.07. The third-order valence-electron chi connectivity index (χ3n) is 3.92. The number of imidazole rings is 1. The lowest BCUT2D eigenvalue weighted by Crippen LogP contribution is -2.50. The van der Waals surface area contributed by atoms with Gasteiger partial charge in [-0.25, -0.2) is 4.98 Å². The normalized spacial score (nSPS) is 31.8. The van der Waals surface area contributed by atoms with E-state index in [-0.39, 0.29) is 5.54 Å². The fourth-order valence-electron chi connectivity index (χ4n) is 2.56. The molecule has 3 heteroatoms. The van der Waals surface area contributed by atoms with Crippen LogP contribution in [0.1, 0.15) is 38.4 Å². The maximum atomic E-state index is 6.51. The first kappa shape index (κ1) is 10.7. The molecule has 0 saturated heterocycles. The van der Waals surface area contributed by atoms with Crippen molar-refractivity contribution < 1.29 is 0 Å². The van der Waals surface area contributed by atoms with Crippen molar-refractivity contribution in [3.05, 3.63) is 18.2 Å².